The Morgan fingerprint density at radius 2 is 1.89 bits per heavy atom. The molecule has 6 nitrogen and oxygen atoms in total. The lowest BCUT2D eigenvalue weighted by Crippen LogP contribution is -2.37. The lowest BCUT2D eigenvalue weighted by atomic mass is 10.3. The summed E-state index contributed by atoms with van der Waals surface area (Å²) in [5.74, 6) is -0.430. The van der Waals surface area contributed by atoms with Crippen molar-refractivity contribution < 1.29 is 17.4 Å². The third kappa shape index (κ3) is 8.52. The van der Waals surface area contributed by atoms with E-state index in [4.69, 9.17) is 0 Å². The Labute approximate surface area is 115 Å². The highest BCUT2D eigenvalue weighted by Gasteiger charge is 2.16. The summed E-state index contributed by atoms with van der Waals surface area (Å²) in [7, 11) is -3.86. The molecule has 7 heteroatoms. The van der Waals surface area contributed by atoms with Crippen molar-refractivity contribution >= 4 is 16.2 Å². The van der Waals surface area contributed by atoms with E-state index in [2.05, 4.69) is 22.1 Å². The Morgan fingerprint density at radius 3 is 2.37 bits per heavy atom. The van der Waals surface area contributed by atoms with E-state index in [0.717, 1.165) is 12.8 Å². The summed E-state index contributed by atoms with van der Waals surface area (Å²) in [4.78, 5) is 13.1. The molecular weight excluding hydrogens is 268 g/mol. The van der Waals surface area contributed by atoms with Crippen molar-refractivity contribution in [1.29, 1.82) is 0 Å². The average molecular weight is 290 g/mol. The summed E-state index contributed by atoms with van der Waals surface area (Å²) < 4.78 is 29.7. The van der Waals surface area contributed by atoms with Gasteiger partial charge in [0.15, 0.2) is 0 Å². The molecular formula is C12H22N2O4S. The van der Waals surface area contributed by atoms with Crippen LogP contribution in [0.2, 0.25) is 0 Å². The Kier molecular flexibility index (Phi) is 9.11. The van der Waals surface area contributed by atoms with Crippen molar-refractivity contribution in [2.75, 3.05) is 26.2 Å². The van der Waals surface area contributed by atoms with Gasteiger partial charge in [-0.25, -0.2) is 4.18 Å². The van der Waals surface area contributed by atoms with E-state index in [1.165, 1.54) is 4.90 Å². The van der Waals surface area contributed by atoms with Gasteiger partial charge in [-0.1, -0.05) is 25.5 Å². The quantitative estimate of drug-likeness (QED) is 0.452. The van der Waals surface area contributed by atoms with Crippen molar-refractivity contribution in [3.63, 3.8) is 0 Å². The van der Waals surface area contributed by atoms with Gasteiger partial charge >= 0.3 is 10.3 Å². The maximum Gasteiger partial charge on any atom is 0.336 e. The smallest absolute Gasteiger partial charge is 0.333 e. The van der Waals surface area contributed by atoms with E-state index >= 15 is 0 Å². The highest BCUT2D eigenvalue weighted by Crippen LogP contribution is 1.96. The second kappa shape index (κ2) is 9.71. The molecule has 0 aromatic carbocycles. The lowest BCUT2D eigenvalue weighted by Gasteiger charge is -2.18. The molecule has 0 spiro atoms. The van der Waals surface area contributed by atoms with Gasteiger partial charge in [-0.15, -0.1) is 13.2 Å². The summed E-state index contributed by atoms with van der Waals surface area (Å²) in [5.41, 5.74) is 0. The SMILES string of the molecule is C=CCN(CC=C)C(=O)COS(=O)(=O)NCCCC. The molecule has 0 atom stereocenters. The average Bonchev–Trinajstić information content (AvgIpc) is 2.36. The van der Waals surface area contributed by atoms with E-state index in [1.807, 2.05) is 6.92 Å². The van der Waals surface area contributed by atoms with Gasteiger partial charge in [0.1, 0.15) is 6.61 Å². The molecule has 0 saturated carbocycles. The molecule has 19 heavy (non-hydrogen) atoms. The van der Waals surface area contributed by atoms with Gasteiger partial charge in [0.25, 0.3) is 5.91 Å². The Morgan fingerprint density at radius 1 is 1.32 bits per heavy atom. The van der Waals surface area contributed by atoms with Crippen LogP contribution in [0.25, 0.3) is 0 Å². The Balaban J connectivity index is 4.24. The van der Waals surface area contributed by atoms with Gasteiger partial charge in [0, 0.05) is 19.6 Å². The van der Waals surface area contributed by atoms with E-state index in [-0.39, 0.29) is 0 Å². The second-order valence-corrected chi connectivity index (χ2v) is 5.27. The topological polar surface area (TPSA) is 75.7 Å². The minimum atomic E-state index is -3.86. The number of carbonyl (C=O) groups excluding carboxylic acids is 1. The number of carbonyl (C=O) groups is 1. The monoisotopic (exact) mass is 290 g/mol. The number of unbranched alkanes of at least 4 members (excludes halogenated alkanes) is 1. The zero-order valence-corrected chi connectivity index (χ0v) is 12.1. The van der Waals surface area contributed by atoms with Gasteiger partial charge in [-0.3, -0.25) is 4.79 Å². The first-order valence-electron chi connectivity index (χ1n) is 6.10. The van der Waals surface area contributed by atoms with Crippen LogP contribution in [0.15, 0.2) is 25.3 Å². The van der Waals surface area contributed by atoms with Crippen molar-refractivity contribution in [2.45, 2.75) is 19.8 Å². The molecule has 0 aliphatic heterocycles. The standard InChI is InChI=1S/C12H22N2O4S/c1-4-7-8-13-19(16,17)18-11-12(15)14(9-5-2)10-6-3/h5-6,13H,2-4,7-11H2,1H3. The molecule has 0 saturated heterocycles. The Bertz CT molecular complexity index is 383. The van der Waals surface area contributed by atoms with Crippen molar-refractivity contribution in [3.8, 4) is 0 Å². The number of amides is 1. The summed E-state index contributed by atoms with van der Waals surface area (Å²) in [6.45, 7) is 9.41. The fourth-order valence-corrected chi connectivity index (χ4v) is 1.96. The lowest BCUT2D eigenvalue weighted by molar-refractivity contribution is -0.132. The summed E-state index contributed by atoms with van der Waals surface area (Å²) in [5, 5.41) is 0. The Hall–Kier alpha value is -1.18. The summed E-state index contributed by atoms with van der Waals surface area (Å²) >= 11 is 0. The van der Waals surface area contributed by atoms with E-state index in [9.17, 15) is 13.2 Å². The predicted molar refractivity (Wildman–Crippen MR) is 74.8 cm³/mol. The van der Waals surface area contributed by atoms with Crippen LogP contribution in [0, 0.1) is 0 Å². The van der Waals surface area contributed by atoms with Crippen LogP contribution >= 0.6 is 0 Å². The molecule has 0 aliphatic rings. The van der Waals surface area contributed by atoms with Crippen molar-refractivity contribution in [2.24, 2.45) is 0 Å². The number of nitrogens with zero attached hydrogens (tertiary/aromatic N) is 1. The zero-order chi connectivity index (χ0) is 14.7. The molecule has 0 aliphatic carbocycles. The fourth-order valence-electron chi connectivity index (χ4n) is 1.22. The van der Waals surface area contributed by atoms with E-state index < -0.39 is 22.8 Å². The van der Waals surface area contributed by atoms with Crippen molar-refractivity contribution in [3.05, 3.63) is 25.3 Å². The highest BCUT2D eigenvalue weighted by atomic mass is 32.2. The summed E-state index contributed by atoms with van der Waals surface area (Å²) in [6.07, 6.45) is 4.69. The number of hydrogen-bond donors (Lipinski definition) is 1. The normalized spacial score (nSPS) is 11.0. The number of nitrogens with one attached hydrogen (secondary N) is 1. The third-order valence-electron chi connectivity index (χ3n) is 2.20. The minimum absolute atomic E-state index is 0.302. The van der Waals surface area contributed by atoms with Crippen LogP contribution in [0.4, 0.5) is 0 Å². The summed E-state index contributed by atoms with van der Waals surface area (Å²) in [6, 6.07) is 0. The maximum absolute atomic E-state index is 11.7. The highest BCUT2D eigenvalue weighted by molar-refractivity contribution is 7.84. The molecule has 0 radical (unpaired) electrons. The van der Waals surface area contributed by atoms with Crippen LogP contribution in [-0.2, 0) is 19.3 Å². The zero-order valence-electron chi connectivity index (χ0n) is 11.3. The van der Waals surface area contributed by atoms with Gasteiger partial charge in [-0.2, -0.15) is 13.1 Å². The van der Waals surface area contributed by atoms with Crippen LogP contribution in [0.1, 0.15) is 19.8 Å². The molecule has 1 N–H and O–H groups in total. The van der Waals surface area contributed by atoms with Gasteiger partial charge in [0.05, 0.1) is 0 Å². The van der Waals surface area contributed by atoms with Crippen LogP contribution in [-0.4, -0.2) is 45.5 Å². The van der Waals surface area contributed by atoms with Crippen molar-refractivity contribution in [1.82, 2.24) is 9.62 Å². The molecule has 0 aromatic rings. The maximum atomic E-state index is 11.7. The minimum Gasteiger partial charge on any atom is -0.333 e. The molecule has 0 rings (SSSR count). The second-order valence-electron chi connectivity index (χ2n) is 3.84. The molecule has 1 amide bonds. The number of rotatable bonds is 11. The first-order chi connectivity index (χ1) is 8.96. The molecule has 110 valence electrons. The molecule has 0 unspecified atom stereocenters. The van der Waals surface area contributed by atoms with Crippen LogP contribution in [0.3, 0.4) is 0 Å². The van der Waals surface area contributed by atoms with E-state index in [0.29, 0.717) is 19.6 Å². The van der Waals surface area contributed by atoms with Gasteiger partial charge in [-0.05, 0) is 6.42 Å². The fraction of sp³-hybridized carbons (Fsp3) is 0.583. The first-order valence-corrected chi connectivity index (χ1v) is 7.51. The first kappa shape index (κ1) is 17.8. The van der Waals surface area contributed by atoms with Crippen LogP contribution in [0.5, 0.6) is 0 Å². The van der Waals surface area contributed by atoms with Gasteiger partial charge < -0.3 is 4.90 Å². The third-order valence-corrected chi connectivity index (χ3v) is 3.18. The predicted octanol–water partition coefficient (Wildman–Crippen LogP) is 0.838. The number of hydrogen-bond acceptors (Lipinski definition) is 4. The van der Waals surface area contributed by atoms with Crippen LogP contribution < -0.4 is 4.72 Å². The van der Waals surface area contributed by atoms with Gasteiger partial charge in [0.2, 0.25) is 0 Å². The molecule has 0 aromatic heterocycles. The molecule has 0 bridgehead atoms. The van der Waals surface area contributed by atoms with E-state index in [1.54, 1.807) is 12.2 Å². The largest absolute Gasteiger partial charge is 0.336 e. The molecule has 0 fully saturated rings. The molecule has 0 heterocycles.